The molecule has 0 saturated carbocycles. The van der Waals surface area contributed by atoms with Crippen molar-refractivity contribution >= 4 is 39.5 Å². The molecular formula is C15H14N4OS2. The molecule has 5 nitrogen and oxygen atoms in total. The monoisotopic (exact) mass is 330 g/mol. The number of carbonyl (C=O) groups excluding carboxylic acids is 1. The zero-order chi connectivity index (χ0) is 15.2. The Hall–Kier alpha value is -2.25. The molecular weight excluding hydrogens is 316 g/mol. The zero-order valence-corrected chi connectivity index (χ0v) is 13.3. The molecule has 0 aliphatic rings. The second-order valence-electron chi connectivity index (χ2n) is 4.52. The van der Waals surface area contributed by atoms with Crippen LogP contribution in [-0.4, -0.2) is 15.9 Å². The van der Waals surface area contributed by atoms with Crippen molar-refractivity contribution in [2.45, 2.75) is 13.0 Å². The van der Waals surface area contributed by atoms with E-state index in [0.29, 0.717) is 6.54 Å². The first-order valence-corrected chi connectivity index (χ1v) is 8.47. The van der Waals surface area contributed by atoms with E-state index in [1.807, 2.05) is 41.1 Å². The summed E-state index contributed by atoms with van der Waals surface area (Å²) in [6.45, 7) is 0.569. The highest BCUT2D eigenvalue weighted by atomic mass is 32.1. The van der Waals surface area contributed by atoms with Gasteiger partial charge in [0.05, 0.1) is 18.7 Å². The van der Waals surface area contributed by atoms with Crippen molar-refractivity contribution in [1.82, 2.24) is 15.3 Å². The van der Waals surface area contributed by atoms with Gasteiger partial charge in [-0.25, -0.2) is 9.97 Å². The van der Waals surface area contributed by atoms with Crippen LogP contribution in [0.15, 0.2) is 47.3 Å². The quantitative estimate of drug-likeness (QED) is 0.728. The number of nitrogens with one attached hydrogen (secondary N) is 2. The van der Waals surface area contributed by atoms with Crippen LogP contribution in [0.3, 0.4) is 0 Å². The summed E-state index contributed by atoms with van der Waals surface area (Å²) < 4.78 is 0. The Kier molecular flexibility index (Phi) is 4.77. The summed E-state index contributed by atoms with van der Waals surface area (Å²) in [5.41, 5.74) is 0.757. The zero-order valence-electron chi connectivity index (χ0n) is 11.7. The summed E-state index contributed by atoms with van der Waals surface area (Å²) in [7, 11) is 0. The van der Waals surface area contributed by atoms with E-state index in [1.165, 1.54) is 11.3 Å². The van der Waals surface area contributed by atoms with Crippen LogP contribution in [0, 0.1) is 0 Å². The third kappa shape index (κ3) is 4.12. The number of thiophene rings is 1. The summed E-state index contributed by atoms with van der Waals surface area (Å²) in [4.78, 5) is 21.6. The van der Waals surface area contributed by atoms with Crippen LogP contribution in [0.4, 0.5) is 10.9 Å². The predicted octanol–water partition coefficient (Wildman–Crippen LogP) is 3.20. The number of thiazole rings is 1. The average Bonchev–Trinajstić information content (AvgIpc) is 3.18. The Labute approximate surface area is 136 Å². The second-order valence-corrected chi connectivity index (χ2v) is 6.41. The summed E-state index contributed by atoms with van der Waals surface area (Å²) >= 11 is 3.09. The van der Waals surface area contributed by atoms with Gasteiger partial charge in [0.15, 0.2) is 5.13 Å². The van der Waals surface area contributed by atoms with Crippen molar-refractivity contribution in [3.8, 4) is 0 Å². The van der Waals surface area contributed by atoms with Crippen LogP contribution in [0.5, 0.6) is 0 Å². The topological polar surface area (TPSA) is 66.9 Å². The highest BCUT2D eigenvalue weighted by Gasteiger charge is 2.08. The lowest BCUT2D eigenvalue weighted by atomic mass is 10.3. The number of carbonyl (C=O) groups is 1. The van der Waals surface area contributed by atoms with E-state index in [1.54, 1.807) is 17.5 Å². The molecule has 0 aromatic carbocycles. The second kappa shape index (κ2) is 7.15. The van der Waals surface area contributed by atoms with Gasteiger partial charge < -0.3 is 10.6 Å². The number of aromatic nitrogens is 2. The van der Waals surface area contributed by atoms with Crippen LogP contribution in [0.25, 0.3) is 0 Å². The van der Waals surface area contributed by atoms with Crippen molar-refractivity contribution in [3.05, 3.63) is 57.9 Å². The van der Waals surface area contributed by atoms with Crippen molar-refractivity contribution < 1.29 is 4.79 Å². The minimum absolute atomic E-state index is 0.0249. The maximum absolute atomic E-state index is 11.9. The molecule has 3 aromatic rings. The molecule has 0 bridgehead atoms. The van der Waals surface area contributed by atoms with E-state index in [-0.39, 0.29) is 12.3 Å². The lowest BCUT2D eigenvalue weighted by Crippen LogP contribution is -2.24. The number of amides is 1. The van der Waals surface area contributed by atoms with E-state index in [0.717, 1.165) is 21.5 Å². The van der Waals surface area contributed by atoms with Crippen molar-refractivity contribution in [3.63, 3.8) is 0 Å². The molecule has 3 rings (SSSR count). The van der Waals surface area contributed by atoms with Crippen molar-refractivity contribution in [2.24, 2.45) is 0 Å². The molecule has 0 atom stereocenters. The third-order valence-electron chi connectivity index (χ3n) is 2.83. The van der Waals surface area contributed by atoms with E-state index < -0.39 is 0 Å². The molecule has 0 fully saturated rings. The Morgan fingerprint density at radius 2 is 2.14 bits per heavy atom. The number of nitrogens with zero attached hydrogens (tertiary/aromatic N) is 2. The van der Waals surface area contributed by atoms with Gasteiger partial charge in [-0.05, 0) is 23.6 Å². The highest BCUT2D eigenvalue weighted by Crippen LogP contribution is 2.19. The van der Waals surface area contributed by atoms with Crippen LogP contribution < -0.4 is 10.6 Å². The van der Waals surface area contributed by atoms with Crippen molar-refractivity contribution in [2.75, 3.05) is 5.32 Å². The van der Waals surface area contributed by atoms with Gasteiger partial charge in [0.2, 0.25) is 5.91 Å². The lowest BCUT2D eigenvalue weighted by molar-refractivity contribution is -0.120. The Bertz CT molecular complexity index is 725. The smallest absolute Gasteiger partial charge is 0.226 e. The number of hydrogen-bond acceptors (Lipinski definition) is 6. The van der Waals surface area contributed by atoms with Gasteiger partial charge in [0.25, 0.3) is 0 Å². The summed E-state index contributed by atoms with van der Waals surface area (Å²) in [6.07, 6.45) is 2.00. The minimum Gasteiger partial charge on any atom is -0.351 e. The van der Waals surface area contributed by atoms with E-state index in [4.69, 9.17) is 0 Å². The lowest BCUT2D eigenvalue weighted by Gasteiger charge is -2.02. The SMILES string of the molecule is O=C(Cc1csc(Nc2ccccn2)n1)NCc1cccs1. The molecule has 0 aliphatic heterocycles. The minimum atomic E-state index is -0.0249. The molecule has 0 unspecified atom stereocenters. The molecule has 7 heteroatoms. The van der Waals surface area contributed by atoms with Crippen LogP contribution in [0.1, 0.15) is 10.6 Å². The molecule has 0 aliphatic carbocycles. The normalized spacial score (nSPS) is 10.4. The molecule has 0 radical (unpaired) electrons. The predicted molar refractivity (Wildman–Crippen MR) is 89.5 cm³/mol. The van der Waals surface area contributed by atoms with E-state index in [2.05, 4.69) is 20.6 Å². The number of anilines is 2. The largest absolute Gasteiger partial charge is 0.351 e. The number of rotatable bonds is 6. The first-order chi connectivity index (χ1) is 10.8. The highest BCUT2D eigenvalue weighted by molar-refractivity contribution is 7.13. The Morgan fingerprint density at radius 3 is 2.91 bits per heavy atom. The fourth-order valence-corrected chi connectivity index (χ4v) is 3.18. The standard InChI is InChI=1S/C15H14N4OS2/c20-14(17-9-12-4-3-7-21-12)8-11-10-22-15(18-11)19-13-5-1-2-6-16-13/h1-7,10H,8-9H2,(H,17,20)(H,16,18,19). The van der Waals surface area contributed by atoms with Gasteiger partial charge in [-0.2, -0.15) is 0 Å². The molecule has 22 heavy (non-hydrogen) atoms. The van der Waals surface area contributed by atoms with Gasteiger partial charge in [-0.1, -0.05) is 12.1 Å². The molecule has 2 N–H and O–H groups in total. The molecule has 0 spiro atoms. The average molecular weight is 330 g/mol. The maximum Gasteiger partial charge on any atom is 0.226 e. The van der Waals surface area contributed by atoms with E-state index in [9.17, 15) is 4.79 Å². The van der Waals surface area contributed by atoms with Crippen LogP contribution >= 0.6 is 22.7 Å². The first kappa shape index (κ1) is 14.7. The van der Waals surface area contributed by atoms with Gasteiger partial charge >= 0.3 is 0 Å². The Balaban J connectivity index is 1.51. The van der Waals surface area contributed by atoms with Crippen molar-refractivity contribution in [1.29, 1.82) is 0 Å². The Morgan fingerprint density at radius 1 is 1.18 bits per heavy atom. The van der Waals surface area contributed by atoms with Crippen LogP contribution in [0.2, 0.25) is 0 Å². The van der Waals surface area contributed by atoms with Gasteiger partial charge in [0, 0.05) is 16.5 Å². The molecule has 1 amide bonds. The molecule has 3 aromatic heterocycles. The van der Waals surface area contributed by atoms with Crippen LogP contribution in [-0.2, 0) is 17.8 Å². The maximum atomic E-state index is 11.9. The fourth-order valence-electron chi connectivity index (χ4n) is 1.82. The third-order valence-corrected chi connectivity index (χ3v) is 4.52. The molecule has 3 heterocycles. The molecule has 112 valence electrons. The fraction of sp³-hybridized carbons (Fsp3) is 0.133. The first-order valence-electron chi connectivity index (χ1n) is 6.71. The number of hydrogen-bond donors (Lipinski definition) is 2. The van der Waals surface area contributed by atoms with Gasteiger partial charge in [0.1, 0.15) is 5.82 Å². The summed E-state index contributed by atoms with van der Waals surface area (Å²) in [6, 6.07) is 9.61. The number of pyridine rings is 1. The van der Waals surface area contributed by atoms with E-state index >= 15 is 0 Å². The van der Waals surface area contributed by atoms with Gasteiger partial charge in [-0.15, -0.1) is 22.7 Å². The van der Waals surface area contributed by atoms with Gasteiger partial charge in [-0.3, -0.25) is 4.79 Å². The summed E-state index contributed by atoms with van der Waals surface area (Å²) in [5.74, 6) is 0.716. The summed E-state index contributed by atoms with van der Waals surface area (Å²) in [5, 5.41) is 10.6. The molecule has 0 saturated heterocycles.